The van der Waals surface area contributed by atoms with E-state index in [4.69, 9.17) is 23.7 Å². The first kappa shape index (κ1) is 33.0. The minimum atomic E-state index is -0.789. The van der Waals surface area contributed by atoms with Gasteiger partial charge in [0.05, 0.1) is 48.8 Å². The average Bonchev–Trinajstić information content (AvgIpc) is 3.34. The molecule has 0 saturated heterocycles. The first-order valence-corrected chi connectivity index (χ1v) is 16.3. The topological polar surface area (TPSA) is 97.6 Å². The van der Waals surface area contributed by atoms with Gasteiger partial charge in [-0.25, -0.2) is 9.79 Å². The molecule has 3 aromatic carbocycles. The van der Waals surface area contributed by atoms with Gasteiger partial charge in [0.2, 0.25) is 0 Å². The molecule has 0 radical (unpaired) electrons. The number of methoxy groups -OCH3 is 2. The van der Waals surface area contributed by atoms with Crippen LogP contribution in [0.1, 0.15) is 50.4 Å². The fourth-order valence-corrected chi connectivity index (χ4v) is 6.41. The summed E-state index contributed by atoms with van der Waals surface area (Å²) in [6, 6.07) is 18.0. The van der Waals surface area contributed by atoms with E-state index in [9.17, 15) is 9.59 Å². The van der Waals surface area contributed by atoms with Gasteiger partial charge in [-0.3, -0.25) is 9.36 Å². The van der Waals surface area contributed by atoms with Crippen molar-refractivity contribution in [3.8, 4) is 23.0 Å². The van der Waals surface area contributed by atoms with Gasteiger partial charge in [0.1, 0.15) is 6.61 Å². The van der Waals surface area contributed by atoms with E-state index in [2.05, 4.69) is 20.9 Å². The Kier molecular flexibility index (Phi) is 10.3. The maximum Gasteiger partial charge on any atom is 0.338 e. The summed E-state index contributed by atoms with van der Waals surface area (Å²) in [7, 11) is 3.13. The molecule has 5 rings (SSSR count). The van der Waals surface area contributed by atoms with E-state index in [1.807, 2.05) is 62.4 Å². The molecular weight excluding hydrogens is 672 g/mol. The zero-order valence-electron chi connectivity index (χ0n) is 26.5. The van der Waals surface area contributed by atoms with Crippen molar-refractivity contribution < 1.29 is 28.5 Å². The van der Waals surface area contributed by atoms with Crippen molar-refractivity contribution in [3.05, 3.63) is 113 Å². The Labute approximate surface area is 279 Å². The predicted molar refractivity (Wildman–Crippen MR) is 181 cm³/mol. The molecule has 46 heavy (non-hydrogen) atoms. The Morgan fingerprint density at radius 1 is 1.00 bits per heavy atom. The molecule has 1 aliphatic heterocycles. The van der Waals surface area contributed by atoms with Crippen molar-refractivity contribution in [1.29, 1.82) is 0 Å². The first-order chi connectivity index (χ1) is 22.1. The molecule has 0 unspecified atom stereocenters. The highest BCUT2D eigenvalue weighted by atomic mass is 79.9. The number of allylic oxidation sites excluding steroid dienone is 1. The normalized spacial score (nSPS) is 14.5. The highest BCUT2D eigenvalue weighted by Crippen LogP contribution is 2.36. The maximum absolute atomic E-state index is 14.1. The van der Waals surface area contributed by atoms with E-state index < -0.39 is 12.0 Å². The van der Waals surface area contributed by atoms with Crippen LogP contribution in [0.4, 0.5) is 0 Å². The minimum Gasteiger partial charge on any atom is -0.493 e. The molecular formula is C35H35BrN2O7S. The van der Waals surface area contributed by atoms with Crippen LogP contribution in [0.3, 0.4) is 0 Å². The van der Waals surface area contributed by atoms with Crippen LogP contribution in [0.5, 0.6) is 23.0 Å². The molecule has 4 aromatic rings. The summed E-state index contributed by atoms with van der Waals surface area (Å²) in [4.78, 5) is 32.5. The van der Waals surface area contributed by atoms with E-state index in [0.717, 1.165) is 15.6 Å². The predicted octanol–water partition coefficient (Wildman–Crippen LogP) is 5.94. The number of halogens is 1. The SMILES string of the molecule is CCOC(=O)C1=C(C)N=c2s/c(=C\c3ccc(OCc4ccc(Br)cc4)c(OC)c3)c(=O)n2[C@@H]1c1ccc(OC(C)C)c(OC)c1. The summed E-state index contributed by atoms with van der Waals surface area (Å²) in [5, 5.41) is 0. The van der Waals surface area contributed by atoms with E-state index in [-0.39, 0.29) is 23.8 Å². The number of benzene rings is 3. The molecule has 1 aromatic heterocycles. The molecule has 0 bridgehead atoms. The Bertz CT molecular complexity index is 1960. The molecule has 240 valence electrons. The maximum atomic E-state index is 14.1. The smallest absolute Gasteiger partial charge is 0.338 e. The van der Waals surface area contributed by atoms with Gasteiger partial charge in [-0.1, -0.05) is 51.5 Å². The third kappa shape index (κ3) is 7.05. The standard InChI is InChI=1S/C35H35BrN2O7S/c1-7-43-34(40)31-21(4)37-35-38(32(31)24-11-15-27(45-20(2)3)29(18-24)42-6)33(39)30(46-35)17-23-10-14-26(28(16-23)41-5)44-19-22-8-12-25(36)13-9-22/h8-18,20,32H,7,19H2,1-6H3/b30-17-/t32-/m1/s1. The van der Waals surface area contributed by atoms with Gasteiger partial charge in [-0.05, 0) is 86.9 Å². The number of rotatable bonds is 11. The summed E-state index contributed by atoms with van der Waals surface area (Å²) in [5.74, 6) is 1.63. The van der Waals surface area contributed by atoms with Crippen molar-refractivity contribution in [2.24, 2.45) is 4.99 Å². The van der Waals surface area contributed by atoms with Crippen LogP contribution in [0.2, 0.25) is 0 Å². The van der Waals surface area contributed by atoms with Crippen molar-refractivity contribution in [3.63, 3.8) is 0 Å². The van der Waals surface area contributed by atoms with Crippen LogP contribution in [0.15, 0.2) is 86.2 Å². The van der Waals surface area contributed by atoms with Crippen LogP contribution < -0.4 is 33.8 Å². The van der Waals surface area contributed by atoms with Crippen LogP contribution in [-0.2, 0) is 16.1 Å². The Morgan fingerprint density at radius 3 is 2.37 bits per heavy atom. The molecule has 2 heterocycles. The molecule has 0 spiro atoms. The molecule has 9 nitrogen and oxygen atoms in total. The summed E-state index contributed by atoms with van der Waals surface area (Å²) in [5.41, 5.74) is 2.89. The summed E-state index contributed by atoms with van der Waals surface area (Å²) in [6.07, 6.45) is 1.71. The number of hydrogen-bond donors (Lipinski definition) is 0. The molecule has 0 N–H and O–H groups in total. The van der Waals surface area contributed by atoms with Gasteiger partial charge in [0.15, 0.2) is 27.8 Å². The second kappa shape index (κ2) is 14.4. The summed E-state index contributed by atoms with van der Waals surface area (Å²) < 4.78 is 31.6. The zero-order valence-corrected chi connectivity index (χ0v) is 28.9. The highest BCUT2D eigenvalue weighted by molar-refractivity contribution is 9.10. The fourth-order valence-electron chi connectivity index (χ4n) is 5.10. The van der Waals surface area contributed by atoms with Crippen molar-refractivity contribution >= 4 is 39.3 Å². The first-order valence-electron chi connectivity index (χ1n) is 14.7. The Morgan fingerprint density at radius 2 is 1.70 bits per heavy atom. The van der Waals surface area contributed by atoms with Crippen molar-refractivity contribution in [1.82, 2.24) is 4.57 Å². The van der Waals surface area contributed by atoms with E-state index in [1.165, 1.54) is 11.3 Å². The van der Waals surface area contributed by atoms with Crippen LogP contribution in [-0.4, -0.2) is 37.5 Å². The number of carbonyl (C=O) groups excluding carboxylic acids is 1. The monoisotopic (exact) mass is 706 g/mol. The van der Waals surface area contributed by atoms with E-state index >= 15 is 0 Å². The zero-order chi connectivity index (χ0) is 33.0. The largest absolute Gasteiger partial charge is 0.493 e. The van der Waals surface area contributed by atoms with Gasteiger partial charge < -0.3 is 23.7 Å². The number of fused-ring (bicyclic) bond motifs is 1. The third-order valence-electron chi connectivity index (χ3n) is 7.18. The van der Waals surface area contributed by atoms with Gasteiger partial charge in [-0.15, -0.1) is 0 Å². The second-order valence-corrected chi connectivity index (χ2v) is 12.6. The lowest BCUT2D eigenvalue weighted by Crippen LogP contribution is -2.40. The molecule has 0 aliphatic carbocycles. The number of esters is 1. The molecule has 0 fully saturated rings. The van der Waals surface area contributed by atoms with Crippen LogP contribution >= 0.6 is 27.3 Å². The number of thiazole rings is 1. The summed E-state index contributed by atoms with van der Waals surface area (Å²) in [6.45, 7) is 7.90. The number of hydrogen-bond acceptors (Lipinski definition) is 9. The van der Waals surface area contributed by atoms with Gasteiger partial charge >= 0.3 is 5.97 Å². The average molecular weight is 708 g/mol. The fraction of sp³-hybridized carbons (Fsp3) is 0.286. The lowest BCUT2D eigenvalue weighted by molar-refractivity contribution is -0.139. The second-order valence-electron chi connectivity index (χ2n) is 10.7. The molecule has 1 atom stereocenters. The number of carbonyl (C=O) groups is 1. The molecule has 0 saturated carbocycles. The quantitative estimate of drug-likeness (QED) is 0.178. The van der Waals surface area contributed by atoms with Crippen molar-refractivity contribution in [2.45, 2.75) is 46.4 Å². The van der Waals surface area contributed by atoms with E-state index in [1.54, 1.807) is 50.8 Å². The molecule has 0 amide bonds. The van der Waals surface area contributed by atoms with Crippen molar-refractivity contribution in [2.75, 3.05) is 20.8 Å². The molecule has 11 heteroatoms. The molecule has 1 aliphatic rings. The number of aromatic nitrogens is 1. The van der Waals surface area contributed by atoms with Crippen LogP contribution in [0.25, 0.3) is 6.08 Å². The van der Waals surface area contributed by atoms with Gasteiger partial charge in [-0.2, -0.15) is 0 Å². The number of nitrogens with zero attached hydrogens (tertiary/aromatic N) is 2. The minimum absolute atomic E-state index is 0.0691. The highest BCUT2D eigenvalue weighted by Gasteiger charge is 2.34. The van der Waals surface area contributed by atoms with E-state index in [0.29, 0.717) is 50.2 Å². The van der Waals surface area contributed by atoms with Gasteiger partial charge in [0.25, 0.3) is 5.56 Å². The Hall–Kier alpha value is -4.35. The summed E-state index contributed by atoms with van der Waals surface area (Å²) >= 11 is 4.69. The Balaban J connectivity index is 1.56. The van der Waals surface area contributed by atoms with Gasteiger partial charge in [0, 0.05) is 4.47 Å². The lowest BCUT2D eigenvalue weighted by Gasteiger charge is -2.25. The van der Waals surface area contributed by atoms with Crippen LogP contribution in [0, 0.1) is 0 Å². The number of ether oxygens (including phenoxy) is 5. The lowest BCUT2D eigenvalue weighted by atomic mass is 9.95. The third-order valence-corrected chi connectivity index (χ3v) is 8.69.